The van der Waals surface area contributed by atoms with Crippen molar-refractivity contribution in [2.75, 3.05) is 30.8 Å². The second kappa shape index (κ2) is 10.7. The SMILES string of the molecule is CCNC(=O)C[C@H]1CC[C@@H]2[C@@H](COc3ccc(NC(=O)Nc4ccccc4F)cc3C(=O)N2C)O1. The van der Waals surface area contributed by atoms with Crippen molar-refractivity contribution < 1.29 is 28.2 Å². The van der Waals surface area contributed by atoms with E-state index in [4.69, 9.17) is 9.47 Å². The average Bonchev–Trinajstić information content (AvgIpc) is 2.83. The molecule has 10 heteroatoms. The van der Waals surface area contributed by atoms with E-state index in [0.29, 0.717) is 36.4 Å². The number of para-hydroxylation sites is 1. The first-order valence-corrected chi connectivity index (χ1v) is 11.6. The maximum atomic E-state index is 13.8. The summed E-state index contributed by atoms with van der Waals surface area (Å²) in [5.41, 5.74) is 0.713. The molecule has 2 heterocycles. The normalized spacial score (nSPS) is 21.5. The van der Waals surface area contributed by atoms with Crippen LogP contribution >= 0.6 is 0 Å². The fourth-order valence-electron chi connectivity index (χ4n) is 4.43. The highest BCUT2D eigenvalue weighted by molar-refractivity contribution is 6.02. The van der Waals surface area contributed by atoms with Crippen LogP contribution in [0.4, 0.5) is 20.6 Å². The van der Waals surface area contributed by atoms with Crippen molar-refractivity contribution in [3.8, 4) is 5.75 Å². The lowest BCUT2D eigenvalue weighted by atomic mass is 9.94. The van der Waals surface area contributed by atoms with Gasteiger partial charge in [0.05, 0.1) is 29.8 Å². The van der Waals surface area contributed by atoms with Crippen LogP contribution in [0.3, 0.4) is 0 Å². The second-order valence-corrected chi connectivity index (χ2v) is 8.60. The summed E-state index contributed by atoms with van der Waals surface area (Å²) in [5, 5.41) is 7.85. The number of carbonyl (C=O) groups excluding carboxylic acids is 3. The zero-order chi connectivity index (χ0) is 24.9. The molecule has 0 bridgehead atoms. The average molecular weight is 485 g/mol. The quantitative estimate of drug-likeness (QED) is 0.603. The molecule has 4 rings (SSSR count). The van der Waals surface area contributed by atoms with Gasteiger partial charge >= 0.3 is 6.03 Å². The number of fused-ring (bicyclic) bond motifs is 2. The Morgan fingerprint density at radius 2 is 1.94 bits per heavy atom. The van der Waals surface area contributed by atoms with E-state index in [1.54, 1.807) is 30.1 Å². The third-order valence-electron chi connectivity index (χ3n) is 6.18. The van der Waals surface area contributed by atoms with Crippen molar-refractivity contribution in [2.45, 2.75) is 44.4 Å². The van der Waals surface area contributed by atoms with Crippen LogP contribution in [-0.4, -0.2) is 61.2 Å². The van der Waals surface area contributed by atoms with Crippen LogP contribution < -0.4 is 20.7 Å². The molecule has 35 heavy (non-hydrogen) atoms. The molecule has 0 aliphatic carbocycles. The van der Waals surface area contributed by atoms with Crippen LogP contribution in [0.15, 0.2) is 42.5 Å². The van der Waals surface area contributed by atoms with E-state index in [0.717, 1.165) is 0 Å². The Hall–Kier alpha value is -3.66. The zero-order valence-electron chi connectivity index (χ0n) is 19.7. The van der Waals surface area contributed by atoms with Gasteiger partial charge in [0, 0.05) is 19.3 Å². The number of likely N-dealkylation sites (N-methyl/N-ethyl adjacent to an activating group) is 1. The smallest absolute Gasteiger partial charge is 0.323 e. The molecule has 2 aromatic rings. The summed E-state index contributed by atoms with van der Waals surface area (Å²) in [6.45, 7) is 2.66. The number of carbonyl (C=O) groups is 3. The highest BCUT2D eigenvalue weighted by Crippen LogP contribution is 2.32. The predicted molar refractivity (Wildman–Crippen MR) is 128 cm³/mol. The lowest BCUT2D eigenvalue weighted by Crippen LogP contribution is -2.54. The van der Waals surface area contributed by atoms with Crippen molar-refractivity contribution in [1.82, 2.24) is 10.2 Å². The number of anilines is 2. The Kier molecular flexibility index (Phi) is 7.50. The Bertz CT molecular complexity index is 1110. The number of nitrogens with one attached hydrogen (secondary N) is 3. The largest absolute Gasteiger partial charge is 0.490 e. The summed E-state index contributed by atoms with van der Waals surface area (Å²) in [4.78, 5) is 39.3. The van der Waals surface area contributed by atoms with Gasteiger partial charge in [-0.1, -0.05) is 12.1 Å². The first kappa shape index (κ1) is 24.5. The maximum Gasteiger partial charge on any atom is 0.323 e. The highest BCUT2D eigenvalue weighted by atomic mass is 19.1. The number of urea groups is 1. The number of hydrogen-bond acceptors (Lipinski definition) is 5. The van der Waals surface area contributed by atoms with Gasteiger partial charge in [0.1, 0.15) is 24.3 Å². The third-order valence-corrected chi connectivity index (χ3v) is 6.18. The van der Waals surface area contributed by atoms with Crippen molar-refractivity contribution in [3.05, 3.63) is 53.8 Å². The van der Waals surface area contributed by atoms with Gasteiger partial charge in [-0.3, -0.25) is 9.59 Å². The molecule has 9 nitrogen and oxygen atoms in total. The minimum absolute atomic E-state index is 0.0456. The standard InChI is InChI=1S/C25H29FN4O5/c1-3-27-23(31)13-16-9-10-20-22(35-16)14-34-21-11-8-15(12-17(21)24(32)30(20)2)28-25(33)29-19-7-5-4-6-18(19)26/h4-8,11-12,16,20,22H,3,9-10,13-14H2,1-2H3,(H,27,31)(H2,28,29,33)/t16-,20-,22-/m1/s1. The van der Waals surface area contributed by atoms with Crippen LogP contribution in [0, 0.1) is 5.82 Å². The molecule has 186 valence electrons. The first-order chi connectivity index (χ1) is 16.9. The van der Waals surface area contributed by atoms with Crippen molar-refractivity contribution in [2.24, 2.45) is 0 Å². The van der Waals surface area contributed by atoms with E-state index in [2.05, 4.69) is 16.0 Å². The minimum atomic E-state index is -0.637. The third kappa shape index (κ3) is 5.71. The number of ether oxygens (including phenoxy) is 2. The fourth-order valence-corrected chi connectivity index (χ4v) is 4.43. The number of nitrogens with zero attached hydrogens (tertiary/aromatic N) is 1. The van der Waals surface area contributed by atoms with Crippen LogP contribution in [-0.2, 0) is 9.53 Å². The van der Waals surface area contributed by atoms with Crippen molar-refractivity contribution in [1.29, 1.82) is 0 Å². The first-order valence-electron chi connectivity index (χ1n) is 11.6. The molecule has 1 saturated heterocycles. The summed E-state index contributed by atoms with van der Waals surface area (Å²) in [6, 6.07) is 9.74. The Morgan fingerprint density at radius 1 is 1.14 bits per heavy atom. The minimum Gasteiger partial charge on any atom is -0.490 e. The van der Waals surface area contributed by atoms with Gasteiger partial charge in [-0.05, 0) is 50.1 Å². The molecule has 0 radical (unpaired) electrons. The van der Waals surface area contributed by atoms with Gasteiger partial charge in [0.25, 0.3) is 5.91 Å². The summed E-state index contributed by atoms with van der Waals surface area (Å²) in [5.74, 6) is -0.506. The Balaban J connectivity index is 1.46. The van der Waals surface area contributed by atoms with Crippen molar-refractivity contribution >= 4 is 29.2 Å². The lowest BCUT2D eigenvalue weighted by Gasteiger charge is -2.42. The highest BCUT2D eigenvalue weighted by Gasteiger charge is 2.39. The predicted octanol–water partition coefficient (Wildman–Crippen LogP) is 3.38. The molecule has 2 aromatic carbocycles. The topological polar surface area (TPSA) is 109 Å². The lowest BCUT2D eigenvalue weighted by molar-refractivity contribution is -0.133. The summed E-state index contributed by atoms with van der Waals surface area (Å²) in [6.07, 6.45) is 1.01. The molecule has 4 amide bonds. The molecule has 0 unspecified atom stereocenters. The number of rotatable bonds is 5. The molecular formula is C25H29FN4O5. The molecule has 0 spiro atoms. The second-order valence-electron chi connectivity index (χ2n) is 8.60. The van der Waals surface area contributed by atoms with E-state index in [-0.39, 0.29) is 48.8 Å². The van der Waals surface area contributed by atoms with Crippen LogP contribution in [0.25, 0.3) is 0 Å². The molecule has 1 fully saturated rings. The monoisotopic (exact) mass is 484 g/mol. The summed E-state index contributed by atoms with van der Waals surface area (Å²) >= 11 is 0. The Labute approximate surface area is 203 Å². The fraction of sp³-hybridized carbons (Fsp3) is 0.400. The molecule has 3 N–H and O–H groups in total. The van der Waals surface area contributed by atoms with Crippen molar-refractivity contribution in [3.63, 3.8) is 0 Å². The molecule has 0 saturated carbocycles. The summed E-state index contributed by atoms with van der Waals surface area (Å²) < 4.78 is 25.9. The Morgan fingerprint density at radius 3 is 2.71 bits per heavy atom. The zero-order valence-corrected chi connectivity index (χ0v) is 19.7. The van der Waals surface area contributed by atoms with E-state index >= 15 is 0 Å². The van der Waals surface area contributed by atoms with E-state index in [1.807, 2.05) is 6.92 Å². The van der Waals surface area contributed by atoms with Crippen LogP contribution in [0.5, 0.6) is 5.75 Å². The van der Waals surface area contributed by atoms with E-state index < -0.39 is 11.8 Å². The maximum absolute atomic E-state index is 13.8. The number of hydrogen-bond donors (Lipinski definition) is 3. The van der Waals surface area contributed by atoms with Crippen LogP contribution in [0.1, 0.15) is 36.5 Å². The van der Waals surface area contributed by atoms with Gasteiger partial charge in [-0.2, -0.15) is 0 Å². The van der Waals surface area contributed by atoms with Gasteiger partial charge in [0.2, 0.25) is 5.91 Å². The molecule has 3 atom stereocenters. The van der Waals surface area contributed by atoms with E-state index in [1.165, 1.54) is 24.3 Å². The van der Waals surface area contributed by atoms with Gasteiger partial charge in [0.15, 0.2) is 0 Å². The molecular weight excluding hydrogens is 455 g/mol. The number of halogens is 1. The molecule has 2 aliphatic heterocycles. The van der Waals surface area contributed by atoms with E-state index in [9.17, 15) is 18.8 Å². The molecule has 2 aliphatic rings. The number of benzene rings is 2. The van der Waals surface area contributed by atoms with Gasteiger partial charge in [-0.15, -0.1) is 0 Å². The van der Waals surface area contributed by atoms with Gasteiger partial charge in [-0.25, -0.2) is 9.18 Å². The van der Waals surface area contributed by atoms with Crippen LogP contribution in [0.2, 0.25) is 0 Å². The van der Waals surface area contributed by atoms with Gasteiger partial charge < -0.3 is 30.3 Å². The molecule has 0 aromatic heterocycles. The number of amides is 4. The summed E-state index contributed by atoms with van der Waals surface area (Å²) in [7, 11) is 1.72.